The van der Waals surface area contributed by atoms with E-state index >= 15 is 0 Å². The van der Waals surface area contributed by atoms with Crippen molar-refractivity contribution >= 4 is 15.9 Å². The van der Waals surface area contributed by atoms with Crippen LogP contribution in [-0.2, 0) is 7.05 Å². The van der Waals surface area contributed by atoms with Gasteiger partial charge in [-0.3, -0.25) is 0 Å². The molecule has 0 unspecified atom stereocenters. The van der Waals surface area contributed by atoms with E-state index in [4.69, 9.17) is 5.26 Å². The molecule has 0 amide bonds. The molecule has 0 saturated carbocycles. The molecule has 0 atom stereocenters. The van der Waals surface area contributed by atoms with Gasteiger partial charge in [0.2, 0.25) is 0 Å². The number of hydrogen-bond donors (Lipinski definition) is 0. The normalized spacial score (nSPS) is 9.00. The summed E-state index contributed by atoms with van der Waals surface area (Å²) in [5.74, 6) is 0. The average molecular weight is 186 g/mol. The predicted molar refractivity (Wildman–Crippen MR) is 35.6 cm³/mol. The highest BCUT2D eigenvalue weighted by Gasteiger charge is 1.99. The zero-order valence-electron chi connectivity index (χ0n) is 4.80. The minimum Gasteiger partial charge on any atom is -0.314 e. The highest BCUT2D eigenvalue weighted by Crippen LogP contribution is 2.07. The molecule has 0 aliphatic rings. The van der Waals surface area contributed by atoms with Crippen LogP contribution in [0.1, 0.15) is 5.69 Å². The van der Waals surface area contributed by atoms with E-state index in [9.17, 15) is 0 Å². The van der Waals surface area contributed by atoms with Crippen molar-refractivity contribution in [1.29, 1.82) is 5.26 Å². The fourth-order valence-corrected chi connectivity index (χ4v) is 0.784. The zero-order chi connectivity index (χ0) is 6.85. The maximum atomic E-state index is 8.40. The first kappa shape index (κ1) is 6.30. The fraction of sp³-hybridized carbons (Fsp3) is 0.200. The fourth-order valence-electron chi connectivity index (χ4n) is 0.491. The number of hydrogen-bond acceptors (Lipinski definition) is 2. The van der Waals surface area contributed by atoms with Crippen LogP contribution in [0.25, 0.3) is 0 Å². The van der Waals surface area contributed by atoms with Crippen molar-refractivity contribution in [3.63, 3.8) is 0 Å². The lowest BCUT2D eigenvalue weighted by Crippen LogP contribution is -1.90. The van der Waals surface area contributed by atoms with Gasteiger partial charge in [0.25, 0.3) is 0 Å². The van der Waals surface area contributed by atoms with Gasteiger partial charge in [-0.2, -0.15) is 5.26 Å². The SMILES string of the molecule is Cn1c(C#N)cnc1Br. The third kappa shape index (κ3) is 0.958. The van der Waals surface area contributed by atoms with Crippen LogP contribution in [0.2, 0.25) is 0 Å². The second-order valence-corrected chi connectivity index (χ2v) is 2.29. The number of halogens is 1. The van der Waals surface area contributed by atoms with E-state index in [1.807, 2.05) is 6.07 Å². The Hall–Kier alpha value is -0.820. The Kier molecular flexibility index (Phi) is 1.54. The molecule has 0 N–H and O–H groups in total. The molecule has 0 fully saturated rings. The van der Waals surface area contributed by atoms with Gasteiger partial charge in [-0.25, -0.2) is 4.98 Å². The first-order chi connectivity index (χ1) is 4.25. The molecule has 0 bridgehead atoms. The lowest BCUT2D eigenvalue weighted by molar-refractivity contribution is 0.866. The minimum absolute atomic E-state index is 0.557. The van der Waals surface area contributed by atoms with Crippen LogP contribution in [0, 0.1) is 11.3 Å². The molecule has 0 radical (unpaired) electrons. The second kappa shape index (κ2) is 2.19. The van der Waals surface area contributed by atoms with Crippen molar-refractivity contribution < 1.29 is 0 Å². The van der Waals surface area contributed by atoms with E-state index in [2.05, 4.69) is 20.9 Å². The third-order valence-corrected chi connectivity index (χ3v) is 1.78. The van der Waals surface area contributed by atoms with Crippen LogP contribution >= 0.6 is 15.9 Å². The topological polar surface area (TPSA) is 41.6 Å². The van der Waals surface area contributed by atoms with Crippen LogP contribution in [0.15, 0.2) is 10.9 Å². The second-order valence-electron chi connectivity index (χ2n) is 1.58. The molecule has 1 aromatic heterocycles. The van der Waals surface area contributed by atoms with E-state index < -0.39 is 0 Å². The molecule has 0 saturated heterocycles. The van der Waals surface area contributed by atoms with Gasteiger partial charge in [0.05, 0.1) is 6.20 Å². The van der Waals surface area contributed by atoms with E-state index in [1.165, 1.54) is 6.20 Å². The summed E-state index contributed by atoms with van der Waals surface area (Å²) in [4.78, 5) is 3.84. The summed E-state index contributed by atoms with van der Waals surface area (Å²) in [6, 6.07) is 1.99. The molecule has 0 aromatic carbocycles. The van der Waals surface area contributed by atoms with Gasteiger partial charge >= 0.3 is 0 Å². The van der Waals surface area contributed by atoms with Gasteiger partial charge in [-0.05, 0) is 15.9 Å². The first-order valence-corrected chi connectivity index (χ1v) is 3.12. The Morgan fingerprint density at radius 1 is 1.89 bits per heavy atom. The highest BCUT2D eigenvalue weighted by molar-refractivity contribution is 9.10. The predicted octanol–water partition coefficient (Wildman–Crippen LogP) is 1.05. The summed E-state index contributed by atoms with van der Waals surface area (Å²) >= 11 is 3.16. The van der Waals surface area contributed by atoms with Gasteiger partial charge in [0, 0.05) is 7.05 Å². The van der Waals surface area contributed by atoms with Crippen molar-refractivity contribution in [2.45, 2.75) is 0 Å². The van der Waals surface area contributed by atoms with E-state index in [1.54, 1.807) is 11.6 Å². The van der Waals surface area contributed by atoms with Crippen LogP contribution < -0.4 is 0 Å². The molecule has 0 aliphatic heterocycles. The number of rotatable bonds is 0. The summed E-state index contributed by atoms with van der Waals surface area (Å²) < 4.78 is 2.35. The van der Waals surface area contributed by atoms with Crippen LogP contribution in [0.5, 0.6) is 0 Å². The third-order valence-electron chi connectivity index (χ3n) is 1.05. The van der Waals surface area contributed by atoms with Crippen LogP contribution in [0.4, 0.5) is 0 Å². The summed E-state index contributed by atoms with van der Waals surface area (Å²) in [7, 11) is 1.77. The molecule has 1 heterocycles. The molecular formula is C5H4BrN3. The van der Waals surface area contributed by atoms with Gasteiger partial charge in [-0.15, -0.1) is 0 Å². The van der Waals surface area contributed by atoms with Gasteiger partial charge < -0.3 is 4.57 Å². The Morgan fingerprint density at radius 2 is 2.56 bits per heavy atom. The number of imidazole rings is 1. The largest absolute Gasteiger partial charge is 0.314 e. The van der Waals surface area contributed by atoms with Gasteiger partial charge in [0.1, 0.15) is 11.8 Å². The average Bonchev–Trinajstić information content (AvgIpc) is 2.15. The van der Waals surface area contributed by atoms with Crippen LogP contribution in [-0.4, -0.2) is 9.55 Å². The summed E-state index contributed by atoms with van der Waals surface area (Å²) in [6.45, 7) is 0. The highest BCUT2D eigenvalue weighted by atomic mass is 79.9. The maximum Gasteiger partial charge on any atom is 0.177 e. The maximum absolute atomic E-state index is 8.40. The van der Waals surface area contributed by atoms with Crippen LogP contribution in [0.3, 0.4) is 0 Å². The molecule has 46 valence electrons. The Labute approximate surface area is 61.1 Å². The summed E-state index contributed by atoms with van der Waals surface area (Å²) in [5, 5.41) is 8.40. The lowest BCUT2D eigenvalue weighted by atomic mass is 10.5. The molecule has 3 nitrogen and oxygen atoms in total. The molecule has 1 rings (SSSR count). The molecule has 0 aliphatic carbocycles. The van der Waals surface area contributed by atoms with E-state index in [0.717, 1.165) is 0 Å². The van der Waals surface area contributed by atoms with Gasteiger partial charge in [0.15, 0.2) is 4.73 Å². The lowest BCUT2D eigenvalue weighted by Gasteiger charge is -1.89. The number of nitrogens with zero attached hydrogens (tertiary/aromatic N) is 3. The van der Waals surface area contributed by atoms with E-state index in [0.29, 0.717) is 10.4 Å². The molecule has 1 aromatic rings. The van der Waals surface area contributed by atoms with Crippen molar-refractivity contribution in [3.05, 3.63) is 16.6 Å². The van der Waals surface area contributed by atoms with Crippen molar-refractivity contribution in [2.75, 3.05) is 0 Å². The van der Waals surface area contributed by atoms with E-state index in [-0.39, 0.29) is 0 Å². The Bertz CT molecular complexity index is 258. The number of aromatic nitrogens is 2. The van der Waals surface area contributed by atoms with Crippen molar-refractivity contribution in [1.82, 2.24) is 9.55 Å². The molecule has 0 spiro atoms. The first-order valence-electron chi connectivity index (χ1n) is 2.33. The minimum atomic E-state index is 0.557. The number of nitriles is 1. The molecule has 9 heavy (non-hydrogen) atoms. The molecular weight excluding hydrogens is 182 g/mol. The quantitative estimate of drug-likeness (QED) is 0.607. The summed E-state index contributed by atoms with van der Waals surface area (Å²) in [5.41, 5.74) is 0.557. The van der Waals surface area contributed by atoms with Gasteiger partial charge in [-0.1, -0.05) is 0 Å². The van der Waals surface area contributed by atoms with Crippen molar-refractivity contribution in [3.8, 4) is 6.07 Å². The van der Waals surface area contributed by atoms with Crippen molar-refractivity contribution in [2.24, 2.45) is 7.05 Å². The Balaban J connectivity index is 3.24. The smallest absolute Gasteiger partial charge is 0.177 e. The monoisotopic (exact) mass is 185 g/mol. The Morgan fingerprint density at radius 3 is 2.78 bits per heavy atom. The standard InChI is InChI=1S/C5H4BrN3/c1-9-4(2-7)3-8-5(9)6/h3H,1H3. The zero-order valence-corrected chi connectivity index (χ0v) is 6.38. The summed E-state index contributed by atoms with van der Waals surface area (Å²) in [6.07, 6.45) is 1.52. The molecule has 4 heteroatoms.